The lowest BCUT2D eigenvalue weighted by molar-refractivity contribution is 0.326. The van der Waals surface area contributed by atoms with Crippen LogP contribution in [-0.4, -0.2) is 16.7 Å². The summed E-state index contributed by atoms with van der Waals surface area (Å²) in [5.41, 5.74) is 1.95. The van der Waals surface area contributed by atoms with Crippen LogP contribution in [0, 0.1) is 0 Å². The number of aromatic nitrogens is 1. The maximum Gasteiger partial charge on any atom is 0.217 e. The van der Waals surface area contributed by atoms with E-state index in [1.54, 1.807) is 6.07 Å². The van der Waals surface area contributed by atoms with E-state index in [-0.39, 0.29) is 5.75 Å². The Morgan fingerprint density at radius 2 is 2.12 bits per heavy atom. The van der Waals surface area contributed by atoms with Gasteiger partial charge in [-0.15, -0.1) is 0 Å². The molecule has 0 aliphatic carbocycles. The number of rotatable bonds is 3. The summed E-state index contributed by atoms with van der Waals surface area (Å²) in [5.74, 6) is 0.706. The number of para-hydroxylation sites is 1. The summed E-state index contributed by atoms with van der Waals surface area (Å²) < 4.78 is 5.32. The Balaban J connectivity index is 2.67. The minimum Gasteiger partial charge on any atom is -0.507 e. The molecule has 0 spiro atoms. The lowest BCUT2D eigenvalue weighted by Crippen LogP contribution is -1.96. The highest BCUT2D eigenvalue weighted by Gasteiger charge is 2.08. The Bertz CT molecular complexity index is 509. The van der Waals surface area contributed by atoms with E-state index in [1.165, 1.54) is 0 Å². The second kappa shape index (κ2) is 4.39. The highest BCUT2D eigenvalue weighted by Crippen LogP contribution is 2.29. The quantitative estimate of drug-likeness (QED) is 0.859. The number of aryl methyl sites for hydroxylation is 1. The maximum absolute atomic E-state index is 9.88. The molecule has 0 atom stereocenters. The molecule has 1 heterocycles. The number of aromatic hydroxyl groups is 1. The van der Waals surface area contributed by atoms with Gasteiger partial charge < -0.3 is 9.84 Å². The van der Waals surface area contributed by atoms with Crippen LogP contribution in [0.2, 0.25) is 0 Å². The molecule has 3 heteroatoms. The van der Waals surface area contributed by atoms with Gasteiger partial charge in [0.2, 0.25) is 5.88 Å². The van der Waals surface area contributed by atoms with Crippen molar-refractivity contribution >= 4 is 10.9 Å². The number of fused-ring (bicyclic) bond motifs is 1. The van der Waals surface area contributed by atoms with E-state index in [1.807, 2.05) is 25.1 Å². The molecule has 0 fully saturated rings. The molecular formula is C13H15NO2. The van der Waals surface area contributed by atoms with Crippen LogP contribution in [0.1, 0.15) is 19.4 Å². The molecule has 0 bridgehead atoms. The summed E-state index contributed by atoms with van der Waals surface area (Å²) in [6.45, 7) is 4.52. The van der Waals surface area contributed by atoms with E-state index in [9.17, 15) is 5.11 Å². The highest BCUT2D eigenvalue weighted by atomic mass is 16.5. The lowest BCUT2D eigenvalue weighted by Gasteiger charge is -2.08. The van der Waals surface area contributed by atoms with Gasteiger partial charge in [0.25, 0.3) is 0 Å². The zero-order valence-electron chi connectivity index (χ0n) is 9.53. The fraction of sp³-hybridized carbons (Fsp3) is 0.308. The molecule has 1 aromatic carbocycles. The van der Waals surface area contributed by atoms with Gasteiger partial charge in [0.1, 0.15) is 5.75 Å². The summed E-state index contributed by atoms with van der Waals surface area (Å²) in [6.07, 6.45) is 0.888. The minimum atomic E-state index is 0.226. The molecular weight excluding hydrogens is 202 g/mol. The van der Waals surface area contributed by atoms with Crippen molar-refractivity contribution in [1.82, 2.24) is 4.98 Å². The third-order valence-electron chi connectivity index (χ3n) is 2.55. The molecule has 0 radical (unpaired) electrons. The molecule has 0 amide bonds. The van der Waals surface area contributed by atoms with Crippen molar-refractivity contribution in [3.63, 3.8) is 0 Å². The van der Waals surface area contributed by atoms with Crippen LogP contribution in [0.3, 0.4) is 0 Å². The molecule has 0 saturated heterocycles. The van der Waals surface area contributed by atoms with Gasteiger partial charge in [-0.2, -0.15) is 0 Å². The van der Waals surface area contributed by atoms with E-state index in [0.717, 1.165) is 22.9 Å². The van der Waals surface area contributed by atoms with Crippen molar-refractivity contribution in [3.05, 3.63) is 29.8 Å². The summed E-state index contributed by atoms with van der Waals surface area (Å²) >= 11 is 0. The first-order valence-corrected chi connectivity index (χ1v) is 5.50. The number of ether oxygens (including phenoxy) is 1. The van der Waals surface area contributed by atoms with E-state index in [2.05, 4.69) is 11.9 Å². The van der Waals surface area contributed by atoms with E-state index >= 15 is 0 Å². The zero-order chi connectivity index (χ0) is 11.5. The van der Waals surface area contributed by atoms with Crippen molar-refractivity contribution in [1.29, 1.82) is 0 Å². The van der Waals surface area contributed by atoms with Crippen molar-refractivity contribution in [2.24, 2.45) is 0 Å². The molecule has 0 aliphatic rings. The highest BCUT2D eigenvalue weighted by molar-refractivity contribution is 5.87. The summed E-state index contributed by atoms with van der Waals surface area (Å²) in [7, 11) is 0. The first-order valence-electron chi connectivity index (χ1n) is 5.50. The Morgan fingerprint density at radius 1 is 1.31 bits per heavy atom. The Morgan fingerprint density at radius 3 is 2.81 bits per heavy atom. The number of benzene rings is 1. The van der Waals surface area contributed by atoms with Gasteiger partial charge in [-0.05, 0) is 25.0 Å². The number of hydrogen-bond donors (Lipinski definition) is 1. The maximum atomic E-state index is 9.88. The topological polar surface area (TPSA) is 42.4 Å². The molecule has 1 aromatic heterocycles. The molecule has 16 heavy (non-hydrogen) atoms. The third-order valence-corrected chi connectivity index (χ3v) is 2.55. The van der Waals surface area contributed by atoms with Gasteiger partial charge in [-0.3, -0.25) is 0 Å². The van der Waals surface area contributed by atoms with Crippen LogP contribution >= 0.6 is 0 Å². The molecule has 0 saturated carbocycles. The monoisotopic (exact) mass is 217 g/mol. The van der Waals surface area contributed by atoms with Crippen LogP contribution in [0.4, 0.5) is 0 Å². The number of pyridine rings is 1. The normalized spacial score (nSPS) is 10.6. The SMILES string of the molecule is CCOc1cc(O)c2cccc(CC)c2n1. The average molecular weight is 217 g/mol. The molecule has 0 aliphatic heterocycles. The first kappa shape index (κ1) is 10.7. The van der Waals surface area contributed by atoms with Crippen LogP contribution in [-0.2, 0) is 6.42 Å². The van der Waals surface area contributed by atoms with Crippen LogP contribution in [0.25, 0.3) is 10.9 Å². The van der Waals surface area contributed by atoms with Crippen LogP contribution < -0.4 is 4.74 Å². The molecule has 1 N–H and O–H groups in total. The van der Waals surface area contributed by atoms with Gasteiger partial charge in [0.05, 0.1) is 12.1 Å². The van der Waals surface area contributed by atoms with Gasteiger partial charge in [0, 0.05) is 11.5 Å². The van der Waals surface area contributed by atoms with Crippen LogP contribution in [0.15, 0.2) is 24.3 Å². The number of nitrogens with zero attached hydrogens (tertiary/aromatic N) is 1. The molecule has 2 aromatic rings. The third kappa shape index (κ3) is 1.81. The zero-order valence-corrected chi connectivity index (χ0v) is 9.53. The van der Waals surface area contributed by atoms with Crippen molar-refractivity contribution in [2.45, 2.75) is 20.3 Å². The predicted molar refractivity (Wildman–Crippen MR) is 64.0 cm³/mol. The largest absolute Gasteiger partial charge is 0.507 e. The van der Waals surface area contributed by atoms with E-state index in [4.69, 9.17) is 4.74 Å². The molecule has 0 unspecified atom stereocenters. The summed E-state index contributed by atoms with van der Waals surface area (Å²) in [6, 6.07) is 7.38. The van der Waals surface area contributed by atoms with E-state index in [0.29, 0.717) is 12.5 Å². The van der Waals surface area contributed by atoms with Gasteiger partial charge in [-0.1, -0.05) is 19.1 Å². The minimum absolute atomic E-state index is 0.226. The fourth-order valence-electron chi connectivity index (χ4n) is 1.77. The lowest BCUT2D eigenvalue weighted by atomic mass is 10.1. The van der Waals surface area contributed by atoms with Crippen molar-refractivity contribution < 1.29 is 9.84 Å². The van der Waals surface area contributed by atoms with Gasteiger partial charge in [0.15, 0.2) is 0 Å². The summed E-state index contributed by atoms with van der Waals surface area (Å²) in [4.78, 5) is 4.41. The Labute approximate surface area is 94.7 Å². The molecule has 2 rings (SSSR count). The molecule has 84 valence electrons. The van der Waals surface area contributed by atoms with Gasteiger partial charge in [-0.25, -0.2) is 4.98 Å². The first-order chi connectivity index (χ1) is 7.76. The second-order valence-corrected chi connectivity index (χ2v) is 3.58. The Hall–Kier alpha value is -1.77. The number of hydrogen-bond acceptors (Lipinski definition) is 3. The van der Waals surface area contributed by atoms with Gasteiger partial charge >= 0.3 is 0 Å². The van der Waals surface area contributed by atoms with E-state index < -0.39 is 0 Å². The van der Waals surface area contributed by atoms with Crippen LogP contribution in [0.5, 0.6) is 11.6 Å². The summed E-state index contributed by atoms with van der Waals surface area (Å²) in [5, 5.41) is 10.7. The van der Waals surface area contributed by atoms with Crippen molar-refractivity contribution in [3.8, 4) is 11.6 Å². The Kier molecular flexibility index (Phi) is 2.95. The molecule has 3 nitrogen and oxygen atoms in total. The average Bonchev–Trinajstić information content (AvgIpc) is 2.29. The van der Waals surface area contributed by atoms with Crippen molar-refractivity contribution in [2.75, 3.05) is 6.61 Å². The smallest absolute Gasteiger partial charge is 0.217 e. The second-order valence-electron chi connectivity index (χ2n) is 3.58. The standard InChI is InChI=1S/C13H15NO2/c1-3-9-6-5-7-10-11(15)8-12(16-4-2)14-13(9)10/h5-8H,3-4H2,1-2H3,(H,14,15). The fourth-order valence-corrected chi connectivity index (χ4v) is 1.77. The predicted octanol–water partition coefficient (Wildman–Crippen LogP) is 2.90.